The van der Waals surface area contributed by atoms with Crippen molar-refractivity contribution in [3.05, 3.63) is 59.7 Å². The molecule has 0 bridgehead atoms. The normalized spacial score (nSPS) is 11.3. The predicted octanol–water partition coefficient (Wildman–Crippen LogP) is 2.91. The summed E-state index contributed by atoms with van der Waals surface area (Å²) in [5, 5.41) is 2.70. The zero-order chi connectivity index (χ0) is 21.2. The zero-order valence-electron chi connectivity index (χ0n) is 16.8. The molecule has 0 saturated carbocycles. The molecule has 0 fully saturated rings. The van der Waals surface area contributed by atoms with Gasteiger partial charge in [0.05, 0.1) is 20.6 Å². The minimum Gasteiger partial charge on any atom is -0.493 e. The summed E-state index contributed by atoms with van der Waals surface area (Å²) in [6.45, 7) is 1.73. The average molecular weight is 399 g/mol. The van der Waals surface area contributed by atoms with Crippen LogP contribution in [-0.4, -0.2) is 38.0 Å². The maximum atomic E-state index is 12.2. The number of hydrogen-bond acceptors (Lipinski definition) is 6. The maximum Gasteiger partial charge on any atom is 0.307 e. The third-order valence-electron chi connectivity index (χ3n) is 4.24. The minimum absolute atomic E-state index is 0.0306. The number of carbonyl (C=O) groups is 3. The molecule has 0 radical (unpaired) electrons. The van der Waals surface area contributed by atoms with E-state index in [1.54, 1.807) is 49.6 Å². The highest BCUT2D eigenvalue weighted by atomic mass is 16.5. The van der Waals surface area contributed by atoms with E-state index in [9.17, 15) is 14.4 Å². The number of hydrogen-bond donors (Lipinski definition) is 1. The van der Waals surface area contributed by atoms with Gasteiger partial charge in [-0.05, 0) is 24.6 Å². The predicted molar refractivity (Wildman–Crippen MR) is 107 cm³/mol. The summed E-state index contributed by atoms with van der Waals surface area (Å²) >= 11 is 0. The van der Waals surface area contributed by atoms with Crippen molar-refractivity contribution in [2.24, 2.45) is 0 Å². The molecule has 29 heavy (non-hydrogen) atoms. The van der Waals surface area contributed by atoms with Gasteiger partial charge in [-0.3, -0.25) is 14.4 Å². The van der Waals surface area contributed by atoms with Crippen molar-refractivity contribution in [2.45, 2.75) is 32.4 Å². The zero-order valence-corrected chi connectivity index (χ0v) is 16.8. The van der Waals surface area contributed by atoms with E-state index in [0.717, 1.165) is 5.56 Å². The standard InChI is InChI=1S/C22H25NO6/c1-15(29-21(25)12-10-18(24)17-7-5-4-6-8-17)22(26)23-14-16-9-11-19(27-2)20(13-16)28-3/h4-9,11,13,15H,10,12,14H2,1-3H3,(H,23,26). The van der Waals surface area contributed by atoms with Crippen LogP contribution in [0.2, 0.25) is 0 Å². The summed E-state index contributed by atoms with van der Waals surface area (Å²) in [5.41, 5.74) is 1.35. The van der Waals surface area contributed by atoms with Crippen molar-refractivity contribution in [3.8, 4) is 11.5 Å². The van der Waals surface area contributed by atoms with Gasteiger partial charge in [-0.1, -0.05) is 36.4 Å². The largest absolute Gasteiger partial charge is 0.493 e. The molecule has 2 aromatic carbocycles. The Morgan fingerprint density at radius 3 is 2.28 bits per heavy atom. The van der Waals surface area contributed by atoms with Crippen LogP contribution in [0, 0.1) is 0 Å². The number of ketones is 1. The van der Waals surface area contributed by atoms with Gasteiger partial charge in [0, 0.05) is 18.5 Å². The Bertz CT molecular complexity index is 850. The second kappa shape index (κ2) is 10.8. The molecule has 0 spiro atoms. The number of nitrogens with one attached hydrogen (secondary N) is 1. The molecule has 154 valence electrons. The van der Waals surface area contributed by atoms with Crippen LogP contribution in [0.4, 0.5) is 0 Å². The van der Waals surface area contributed by atoms with Crippen molar-refractivity contribution < 1.29 is 28.6 Å². The number of Topliss-reactive ketones (excluding diaryl/α,β-unsaturated/α-hetero) is 1. The van der Waals surface area contributed by atoms with E-state index in [1.807, 2.05) is 6.07 Å². The van der Waals surface area contributed by atoms with E-state index in [0.29, 0.717) is 17.1 Å². The number of carbonyl (C=O) groups excluding carboxylic acids is 3. The van der Waals surface area contributed by atoms with Crippen LogP contribution < -0.4 is 14.8 Å². The van der Waals surface area contributed by atoms with E-state index in [2.05, 4.69) is 5.32 Å². The van der Waals surface area contributed by atoms with Crippen LogP contribution in [0.5, 0.6) is 11.5 Å². The summed E-state index contributed by atoms with van der Waals surface area (Å²) in [6.07, 6.45) is -1.02. The van der Waals surface area contributed by atoms with Gasteiger partial charge in [0.15, 0.2) is 23.4 Å². The monoisotopic (exact) mass is 399 g/mol. The molecule has 1 N–H and O–H groups in total. The molecular weight excluding hydrogens is 374 g/mol. The molecule has 0 aromatic heterocycles. The van der Waals surface area contributed by atoms with E-state index in [4.69, 9.17) is 14.2 Å². The Labute approximate surface area is 170 Å². The van der Waals surface area contributed by atoms with Crippen molar-refractivity contribution in [2.75, 3.05) is 14.2 Å². The molecule has 7 heteroatoms. The van der Waals surface area contributed by atoms with Gasteiger partial charge in [0.2, 0.25) is 0 Å². The first-order valence-corrected chi connectivity index (χ1v) is 9.21. The average Bonchev–Trinajstić information content (AvgIpc) is 2.75. The minimum atomic E-state index is -0.963. The van der Waals surface area contributed by atoms with E-state index in [-0.39, 0.29) is 25.2 Å². The topological polar surface area (TPSA) is 90.9 Å². The van der Waals surface area contributed by atoms with Crippen molar-refractivity contribution in [3.63, 3.8) is 0 Å². The Morgan fingerprint density at radius 1 is 0.931 bits per heavy atom. The third kappa shape index (κ3) is 6.64. The van der Waals surface area contributed by atoms with Gasteiger partial charge in [-0.15, -0.1) is 0 Å². The van der Waals surface area contributed by atoms with Gasteiger partial charge in [0.1, 0.15) is 0 Å². The maximum absolute atomic E-state index is 12.2. The number of amides is 1. The molecule has 0 aliphatic carbocycles. The van der Waals surface area contributed by atoms with Crippen LogP contribution in [0.15, 0.2) is 48.5 Å². The van der Waals surface area contributed by atoms with Gasteiger partial charge < -0.3 is 19.5 Å². The lowest BCUT2D eigenvalue weighted by Crippen LogP contribution is -2.35. The molecule has 1 unspecified atom stereocenters. The quantitative estimate of drug-likeness (QED) is 0.488. The van der Waals surface area contributed by atoms with Crippen LogP contribution >= 0.6 is 0 Å². The summed E-state index contributed by atoms with van der Waals surface area (Å²) in [4.78, 5) is 36.1. The first-order valence-electron chi connectivity index (χ1n) is 9.21. The second-order valence-electron chi connectivity index (χ2n) is 6.33. The number of methoxy groups -OCH3 is 2. The highest BCUT2D eigenvalue weighted by Gasteiger charge is 2.18. The number of rotatable bonds is 10. The SMILES string of the molecule is COc1ccc(CNC(=O)C(C)OC(=O)CCC(=O)c2ccccc2)cc1OC. The summed E-state index contributed by atoms with van der Waals surface area (Å²) in [7, 11) is 3.08. The smallest absolute Gasteiger partial charge is 0.307 e. The second-order valence-corrected chi connectivity index (χ2v) is 6.33. The van der Waals surface area contributed by atoms with E-state index in [1.165, 1.54) is 14.0 Å². The highest BCUT2D eigenvalue weighted by molar-refractivity contribution is 5.97. The molecule has 0 aliphatic rings. The lowest BCUT2D eigenvalue weighted by Gasteiger charge is -2.14. The molecule has 2 aromatic rings. The fourth-order valence-corrected chi connectivity index (χ4v) is 2.62. The van der Waals surface area contributed by atoms with Gasteiger partial charge in [-0.2, -0.15) is 0 Å². The summed E-state index contributed by atoms with van der Waals surface area (Å²) < 4.78 is 15.5. The third-order valence-corrected chi connectivity index (χ3v) is 4.24. The molecule has 1 amide bonds. The van der Waals surface area contributed by atoms with Gasteiger partial charge in [-0.25, -0.2) is 0 Å². The fourth-order valence-electron chi connectivity index (χ4n) is 2.62. The van der Waals surface area contributed by atoms with Crippen LogP contribution in [0.3, 0.4) is 0 Å². The lowest BCUT2D eigenvalue weighted by molar-refractivity contribution is -0.154. The molecule has 2 rings (SSSR count). The Morgan fingerprint density at radius 2 is 1.62 bits per heavy atom. The van der Waals surface area contributed by atoms with E-state index < -0.39 is 18.0 Å². The first-order chi connectivity index (χ1) is 13.9. The van der Waals surface area contributed by atoms with Crippen LogP contribution in [0.1, 0.15) is 35.7 Å². The van der Waals surface area contributed by atoms with Crippen molar-refractivity contribution in [1.82, 2.24) is 5.32 Å². The lowest BCUT2D eigenvalue weighted by atomic mass is 10.1. The van der Waals surface area contributed by atoms with Gasteiger partial charge in [0.25, 0.3) is 5.91 Å². The number of esters is 1. The van der Waals surface area contributed by atoms with Crippen LogP contribution in [0.25, 0.3) is 0 Å². The highest BCUT2D eigenvalue weighted by Crippen LogP contribution is 2.27. The fraction of sp³-hybridized carbons (Fsp3) is 0.318. The number of benzene rings is 2. The van der Waals surface area contributed by atoms with Crippen molar-refractivity contribution in [1.29, 1.82) is 0 Å². The molecule has 0 aliphatic heterocycles. The molecule has 0 heterocycles. The molecular formula is C22H25NO6. The summed E-state index contributed by atoms with van der Waals surface area (Å²) in [5.74, 6) is -0.0181. The van der Waals surface area contributed by atoms with Gasteiger partial charge >= 0.3 is 5.97 Å². The summed E-state index contributed by atoms with van der Waals surface area (Å²) in [6, 6.07) is 14.0. The first kappa shape index (κ1) is 21.9. The number of ether oxygens (including phenoxy) is 3. The van der Waals surface area contributed by atoms with E-state index >= 15 is 0 Å². The Hall–Kier alpha value is -3.35. The Balaban J connectivity index is 1.78. The Kier molecular flexibility index (Phi) is 8.21. The van der Waals surface area contributed by atoms with Crippen molar-refractivity contribution >= 4 is 17.7 Å². The molecule has 0 saturated heterocycles. The van der Waals surface area contributed by atoms with Crippen LogP contribution in [-0.2, 0) is 20.9 Å². The molecule has 7 nitrogen and oxygen atoms in total. The molecule has 1 atom stereocenters.